The average Bonchev–Trinajstić information content (AvgIpc) is 3.06. The Morgan fingerprint density at radius 3 is 2.71 bits per heavy atom. The molecule has 31 heavy (non-hydrogen) atoms. The fourth-order valence-corrected chi connectivity index (χ4v) is 4.05. The van der Waals surface area contributed by atoms with E-state index in [0.717, 1.165) is 28.5 Å². The Balaban J connectivity index is 1.78. The highest BCUT2D eigenvalue weighted by molar-refractivity contribution is 6.10. The molecule has 158 valence electrons. The minimum atomic E-state index is -0.407. The maximum Gasteiger partial charge on any atom is 0.165 e. The molecular weight excluding hydrogens is 393 g/mol. The van der Waals surface area contributed by atoms with Crippen molar-refractivity contribution in [3.8, 4) is 5.75 Å². The van der Waals surface area contributed by atoms with Crippen LogP contribution in [0.15, 0.2) is 61.1 Å². The number of Topliss-reactive ketones (excluding diaryl/α,β-unsaturated/α-hetero) is 1. The molecule has 0 radical (unpaired) electrons. The number of aromatic nitrogens is 3. The molecular formula is C25H24FN3O2. The monoisotopic (exact) mass is 417 g/mol. The van der Waals surface area contributed by atoms with Crippen molar-refractivity contribution >= 4 is 16.7 Å². The number of aryl methyl sites for hydroxylation is 1. The van der Waals surface area contributed by atoms with Crippen molar-refractivity contribution in [1.29, 1.82) is 0 Å². The molecule has 0 aliphatic rings. The Labute approximate surface area is 180 Å². The smallest absolute Gasteiger partial charge is 0.165 e. The normalized spacial score (nSPS) is 11.4. The molecule has 0 fully saturated rings. The van der Waals surface area contributed by atoms with Gasteiger partial charge in [-0.15, -0.1) is 0 Å². The van der Waals surface area contributed by atoms with Gasteiger partial charge in [-0.3, -0.25) is 14.8 Å². The molecule has 0 atom stereocenters. The van der Waals surface area contributed by atoms with E-state index >= 15 is 0 Å². The van der Waals surface area contributed by atoms with Crippen molar-refractivity contribution in [1.82, 2.24) is 14.5 Å². The summed E-state index contributed by atoms with van der Waals surface area (Å²) < 4.78 is 15.5. The quantitative estimate of drug-likeness (QED) is 0.416. The van der Waals surface area contributed by atoms with Gasteiger partial charge in [-0.1, -0.05) is 19.9 Å². The van der Waals surface area contributed by atoms with E-state index in [1.807, 2.05) is 18.2 Å². The molecule has 0 spiro atoms. The zero-order valence-electron chi connectivity index (χ0n) is 17.5. The van der Waals surface area contributed by atoms with Gasteiger partial charge in [0, 0.05) is 41.5 Å². The van der Waals surface area contributed by atoms with E-state index < -0.39 is 5.82 Å². The van der Waals surface area contributed by atoms with Gasteiger partial charge < -0.3 is 9.67 Å². The van der Waals surface area contributed by atoms with E-state index in [-0.39, 0.29) is 23.9 Å². The molecule has 3 aromatic heterocycles. The van der Waals surface area contributed by atoms with Crippen LogP contribution in [-0.2, 0) is 13.0 Å². The summed E-state index contributed by atoms with van der Waals surface area (Å²) in [6.45, 7) is 4.60. The minimum absolute atomic E-state index is 0.0107. The minimum Gasteiger partial charge on any atom is -0.508 e. The van der Waals surface area contributed by atoms with Gasteiger partial charge in [0.25, 0.3) is 0 Å². The fourth-order valence-electron chi connectivity index (χ4n) is 4.05. The Hall–Kier alpha value is -3.54. The molecule has 0 saturated carbocycles. The number of carbonyl (C=O) groups excluding carboxylic acids is 1. The average molecular weight is 417 g/mol. The molecule has 4 aromatic rings. The Kier molecular flexibility index (Phi) is 5.80. The third-order valence-electron chi connectivity index (χ3n) is 5.36. The van der Waals surface area contributed by atoms with Gasteiger partial charge in [-0.25, -0.2) is 4.39 Å². The number of rotatable bonds is 7. The van der Waals surface area contributed by atoms with Crippen LogP contribution in [0.3, 0.4) is 0 Å². The van der Waals surface area contributed by atoms with Gasteiger partial charge in [0.15, 0.2) is 5.78 Å². The van der Waals surface area contributed by atoms with Crippen molar-refractivity contribution in [2.24, 2.45) is 0 Å². The molecule has 3 heterocycles. The number of phenols is 1. The first-order valence-corrected chi connectivity index (χ1v) is 10.3. The van der Waals surface area contributed by atoms with Crippen molar-refractivity contribution in [3.05, 3.63) is 89.4 Å². The van der Waals surface area contributed by atoms with Crippen LogP contribution in [0, 0.1) is 5.82 Å². The molecule has 0 aliphatic heterocycles. The number of halogens is 1. The first-order valence-electron chi connectivity index (χ1n) is 10.3. The third kappa shape index (κ3) is 4.33. The van der Waals surface area contributed by atoms with Gasteiger partial charge in [0.2, 0.25) is 0 Å². The molecule has 6 heteroatoms. The third-order valence-corrected chi connectivity index (χ3v) is 5.36. The second-order valence-electron chi connectivity index (χ2n) is 7.96. The van der Waals surface area contributed by atoms with E-state index in [9.17, 15) is 14.3 Å². The lowest BCUT2D eigenvalue weighted by Gasteiger charge is -2.15. The van der Waals surface area contributed by atoms with Crippen LogP contribution in [0.25, 0.3) is 10.9 Å². The molecule has 0 saturated heterocycles. The lowest BCUT2D eigenvalue weighted by Crippen LogP contribution is -2.11. The summed E-state index contributed by atoms with van der Waals surface area (Å²) in [5, 5.41) is 10.9. The molecule has 1 aromatic carbocycles. The summed E-state index contributed by atoms with van der Waals surface area (Å²) in [5.41, 5.74) is 3.92. The highest BCUT2D eigenvalue weighted by Crippen LogP contribution is 2.35. The second-order valence-corrected chi connectivity index (χ2v) is 7.96. The van der Waals surface area contributed by atoms with Crippen LogP contribution >= 0.6 is 0 Å². The Morgan fingerprint density at radius 2 is 2.00 bits per heavy atom. The molecule has 5 nitrogen and oxygen atoms in total. The SMILES string of the molecule is CC(C)c1c(C(=O)CCc2cncc(F)c2)c2ccc(O)cc2n1Cc1ccccn1. The maximum absolute atomic E-state index is 13.5. The predicted octanol–water partition coefficient (Wildman–Crippen LogP) is 5.26. The number of hydrogen-bond donors (Lipinski definition) is 1. The zero-order valence-corrected chi connectivity index (χ0v) is 17.5. The van der Waals surface area contributed by atoms with Gasteiger partial charge in [0.05, 0.1) is 24.0 Å². The maximum atomic E-state index is 13.5. The van der Waals surface area contributed by atoms with E-state index in [4.69, 9.17) is 0 Å². The van der Waals surface area contributed by atoms with Gasteiger partial charge in [-0.05, 0) is 48.2 Å². The van der Waals surface area contributed by atoms with E-state index in [1.54, 1.807) is 30.6 Å². The number of carbonyl (C=O) groups is 1. The van der Waals surface area contributed by atoms with Crippen molar-refractivity contribution < 1.29 is 14.3 Å². The number of phenolic OH excluding ortho intramolecular Hbond substituents is 1. The summed E-state index contributed by atoms with van der Waals surface area (Å²) in [6.07, 6.45) is 5.13. The number of aromatic hydroxyl groups is 1. The van der Waals surface area contributed by atoms with Crippen LogP contribution in [0.1, 0.15) is 53.5 Å². The van der Waals surface area contributed by atoms with Crippen LogP contribution in [-0.4, -0.2) is 25.4 Å². The summed E-state index contributed by atoms with van der Waals surface area (Å²) >= 11 is 0. The first kappa shape index (κ1) is 20.7. The van der Waals surface area contributed by atoms with E-state index in [2.05, 4.69) is 28.4 Å². The number of nitrogens with zero attached hydrogens (tertiary/aromatic N) is 3. The summed E-state index contributed by atoms with van der Waals surface area (Å²) in [6, 6.07) is 12.2. The number of benzene rings is 1. The van der Waals surface area contributed by atoms with Crippen LogP contribution < -0.4 is 0 Å². The molecule has 0 aliphatic carbocycles. The molecule has 4 rings (SSSR count). The molecule has 0 unspecified atom stereocenters. The van der Waals surface area contributed by atoms with Crippen molar-refractivity contribution in [2.75, 3.05) is 0 Å². The largest absolute Gasteiger partial charge is 0.508 e. The van der Waals surface area contributed by atoms with E-state index in [1.165, 1.54) is 6.07 Å². The van der Waals surface area contributed by atoms with Crippen LogP contribution in [0.2, 0.25) is 0 Å². The Bertz CT molecular complexity index is 1230. The van der Waals surface area contributed by atoms with Crippen LogP contribution in [0.4, 0.5) is 4.39 Å². The van der Waals surface area contributed by atoms with Gasteiger partial charge >= 0.3 is 0 Å². The number of hydrogen-bond acceptors (Lipinski definition) is 4. The fraction of sp³-hybridized carbons (Fsp3) is 0.240. The lowest BCUT2D eigenvalue weighted by molar-refractivity contribution is 0.0982. The second kappa shape index (κ2) is 8.68. The highest BCUT2D eigenvalue weighted by atomic mass is 19.1. The van der Waals surface area contributed by atoms with E-state index in [0.29, 0.717) is 24.1 Å². The standard InChI is InChI=1S/C25H24FN3O2/c1-16(2)25-24(23(31)9-6-17-11-18(26)14-27-13-17)21-8-7-20(30)12-22(21)29(25)15-19-5-3-4-10-28-19/h3-5,7-8,10-14,16,30H,6,9,15H2,1-2H3. The van der Waals surface area contributed by atoms with Crippen molar-refractivity contribution in [3.63, 3.8) is 0 Å². The molecule has 0 amide bonds. The topological polar surface area (TPSA) is 68.0 Å². The van der Waals surface area contributed by atoms with Gasteiger partial charge in [-0.2, -0.15) is 0 Å². The summed E-state index contributed by atoms with van der Waals surface area (Å²) in [5.74, 6) is -0.195. The van der Waals surface area contributed by atoms with Crippen molar-refractivity contribution in [2.45, 2.75) is 39.2 Å². The zero-order chi connectivity index (χ0) is 22.0. The number of fused-ring (bicyclic) bond motifs is 1. The molecule has 0 bridgehead atoms. The predicted molar refractivity (Wildman–Crippen MR) is 118 cm³/mol. The highest BCUT2D eigenvalue weighted by Gasteiger charge is 2.24. The van der Waals surface area contributed by atoms with Crippen LogP contribution in [0.5, 0.6) is 5.75 Å². The number of pyridine rings is 2. The lowest BCUT2D eigenvalue weighted by atomic mass is 9.96. The first-order chi connectivity index (χ1) is 14.9. The molecule has 1 N–H and O–H groups in total. The Morgan fingerprint density at radius 1 is 1.16 bits per heavy atom. The summed E-state index contributed by atoms with van der Waals surface area (Å²) in [4.78, 5) is 21.7. The number of ketones is 1. The summed E-state index contributed by atoms with van der Waals surface area (Å²) in [7, 11) is 0. The van der Waals surface area contributed by atoms with Gasteiger partial charge in [0.1, 0.15) is 11.6 Å².